The molecule has 0 bridgehead atoms. The lowest BCUT2D eigenvalue weighted by Crippen LogP contribution is -1.98. The summed E-state index contributed by atoms with van der Waals surface area (Å²) in [6, 6.07) is 7.61. The van der Waals surface area contributed by atoms with Crippen molar-refractivity contribution in [3.05, 3.63) is 35.7 Å². The third-order valence-corrected chi connectivity index (χ3v) is 1.96. The first-order chi connectivity index (χ1) is 6.74. The largest absolute Gasteiger partial charge is 0.446 e. The molecule has 4 nitrogen and oxygen atoms in total. The maximum Gasteiger partial charge on any atom is 0.193 e. The summed E-state index contributed by atoms with van der Waals surface area (Å²) in [6.45, 7) is 2.60. The predicted molar refractivity (Wildman–Crippen MR) is 56.0 cm³/mol. The summed E-state index contributed by atoms with van der Waals surface area (Å²) in [5, 5.41) is 3.14. The Hall–Kier alpha value is -1.84. The number of aromatic nitrogens is 1. The van der Waals surface area contributed by atoms with E-state index in [1.54, 1.807) is 0 Å². The number of nitrogen functional groups attached to an aromatic ring is 1. The van der Waals surface area contributed by atoms with Gasteiger partial charge in [0.2, 0.25) is 0 Å². The van der Waals surface area contributed by atoms with Gasteiger partial charge >= 0.3 is 0 Å². The number of aromatic amines is 1. The number of H-pyrrole nitrogens is 1. The van der Waals surface area contributed by atoms with Crippen LogP contribution in [0.15, 0.2) is 28.7 Å². The molecule has 14 heavy (non-hydrogen) atoms. The second-order valence-corrected chi connectivity index (χ2v) is 3.20. The van der Waals surface area contributed by atoms with Crippen molar-refractivity contribution in [1.29, 1.82) is 0 Å². The minimum atomic E-state index is 0.678. The lowest BCUT2D eigenvalue weighted by atomic mass is 10.4. The van der Waals surface area contributed by atoms with Crippen molar-refractivity contribution in [3.8, 4) is 0 Å². The predicted octanol–water partition coefficient (Wildman–Crippen LogP) is 2.11. The number of hydrogen-bond donors (Lipinski definition) is 3. The second-order valence-electron chi connectivity index (χ2n) is 3.20. The molecule has 0 radical (unpaired) electrons. The fourth-order valence-corrected chi connectivity index (χ4v) is 1.27. The van der Waals surface area contributed by atoms with Gasteiger partial charge in [-0.25, -0.2) is 0 Å². The van der Waals surface area contributed by atoms with Crippen LogP contribution in [-0.2, 0) is 6.54 Å². The Morgan fingerprint density at radius 3 is 2.79 bits per heavy atom. The van der Waals surface area contributed by atoms with E-state index in [9.17, 15) is 0 Å². The fourth-order valence-electron chi connectivity index (χ4n) is 1.27. The molecular formula is C10H13N3O. The van der Waals surface area contributed by atoms with Gasteiger partial charge in [0, 0.05) is 11.8 Å². The minimum Gasteiger partial charge on any atom is -0.446 e. The molecule has 0 fully saturated rings. The van der Waals surface area contributed by atoms with Crippen LogP contribution < -0.4 is 11.1 Å². The molecular weight excluding hydrogens is 178 g/mol. The van der Waals surface area contributed by atoms with E-state index in [-0.39, 0.29) is 0 Å². The van der Waals surface area contributed by atoms with Crippen LogP contribution in [0.3, 0.4) is 0 Å². The Morgan fingerprint density at radius 1 is 1.36 bits per heavy atom. The summed E-state index contributed by atoms with van der Waals surface area (Å²) in [5.74, 6) is 2.35. The molecule has 2 aromatic rings. The van der Waals surface area contributed by atoms with Crippen LogP contribution in [-0.4, -0.2) is 4.98 Å². The average molecular weight is 191 g/mol. The zero-order valence-electron chi connectivity index (χ0n) is 8.00. The van der Waals surface area contributed by atoms with Gasteiger partial charge in [-0.2, -0.15) is 0 Å². The number of nitrogens with two attached hydrogens (primary N) is 1. The number of nitrogens with one attached hydrogen (secondary N) is 2. The van der Waals surface area contributed by atoms with Gasteiger partial charge in [-0.1, -0.05) is 0 Å². The number of anilines is 2. The van der Waals surface area contributed by atoms with E-state index >= 15 is 0 Å². The quantitative estimate of drug-likeness (QED) is 0.696. The van der Waals surface area contributed by atoms with E-state index in [0.29, 0.717) is 12.4 Å². The fraction of sp³-hybridized carbons (Fsp3) is 0.200. The monoisotopic (exact) mass is 191 g/mol. The van der Waals surface area contributed by atoms with Gasteiger partial charge in [0.15, 0.2) is 5.88 Å². The molecule has 0 unspecified atom stereocenters. The first kappa shape index (κ1) is 8.74. The molecule has 4 N–H and O–H groups in total. The molecule has 2 aromatic heterocycles. The highest BCUT2D eigenvalue weighted by atomic mass is 16.4. The van der Waals surface area contributed by atoms with E-state index in [2.05, 4.69) is 10.3 Å². The Morgan fingerprint density at radius 2 is 2.21 bits per heavy atom. The van der Waals surface area contributed by atoms with E-state index in [1.807, 2.05) is 31.2 Å². The molecule has 0 saturated carbocycles. The highest BCUT2D eigenvalue weighted by Gasteiger charge is 1.98. The summed E-state index contributed by atoms with van der Waals surface area (Å²) < 4.78 is 5.36. The van der Waals surface area contributed by atoms with Crippen LogP contribution >= 0.6 is 0 Å². The Bertz CT molecular complexity index is 376. The average Bonchev–Trinajstić information content (AvgIpc) is 2.72. The minimum absolute atomic E-state index is 0.678. The lowest BCUT2D eigenvalue weighted by molar-refractivity contribution is 0.545. The van der Waals surface area contributed by atoms with Crippen molar-refractivity contribution in [3.63, 3.8) is 0 Å². The Labute approximate surface area is 82.1 Å². The summed E-state index contributed by atoms with van der Waals surface area (Å²) in [4.78, 5) is 3.03. The molecule has 0 saturated heterocycles. The Kier molecular flexibility index (Phi) is 2.18. The number of hydrogen-bond acceptors (Lipinski definition) is 3. The Balaban J connectivity index is 1.94. The molecule has 0 amide bonds. The normalized spacial score (nSPS) is 10.4. The van der Waals surface area contributed by atoms with E-state index in [1.165, 1.54) is 0 Å². The summed E-state index contributed by atoms with van der Waals surface area (Å²) in [7, 11) is 0. The van der Waals surface area contributed by atoms with Crippen molar-refractivity contribution in [2.45, 2.75) is 13.5 Å². The molecule has 0 aliphatic carbocycles. The van der Waals surface area contributed by atoms with Crippen LogP contribution in [0.25, 0.3) is 0 Å². The van der Waals surface area contributed by atoms with E-state index in [4.69, 9.17) is 10.2 Å². The number of furan rings is 1. The molecule has 0 aromatic carbocycles. The zero-order chi connectivity index (χ0) is 9.97. The third-order valence-electron chi connectivity index (χ3n) is 1.96. The number of aryl methyl sites for hydroxylation is 1. The molecule has 0 atom stereocenters. The van der Waals surface area contributed by atoms with E-state index < -0.39 is 0 Å². The molecule has 2 heterocycles. The van der Waals surface area contributed by atoms with Crippen molar-refractivity contribution in [1.82, 2.24) is 4.98 Å². The highest BCUT2D eigenvalue weighted by molar-refractivity contribution is 5.35. The van der Waals surface area contributed by atoms with Crippen LogP contribution in [0.4, 0.5) is 11.7 Å². The van der Waals surface area contributed by atoms with Crippen molar-refractivity contribution in [2.75, 3.05) is 11.1 Å². The maximum absolute atomic E-state index is 5.54. The zero-order valence-corrected chi connectivity index (χ0v) is 8.00. The summed E-state index contributed by atoms with van der Waals surface area (Å²) in [6.07, 6.45) is 0. The van der Waals surface area contributed by atoms with Gasteiger partial charge in [0.1, 0.15) is 11.6 Å². The van der Waals surface area contributed by atoms with Crippen LogP contribution in [0.2, 0.25) is 0 Å². The van der Waals surface area contributed by atoms with Gasteiger partial charge < -0.3 is 20.5 Å². The first-order valence-corrected chi connectivity index (χ1v) is 4.48. The molecule has 0 aliphatic rings. The molecule has 0 spiro atoms. The van der Waals surface area contributed by atoms with Crippen molar-refractivity contribution < 1.29 is 4.42 Å². The van der Waals surface area contributed by atoms with Gasteiger partial charge in [-0.15, -0.1) is 0 Å². The topological polar surface area (TPSA) is 67.0 Å². The van der Waals surface area contributed by atoms with Gasteiger partial charge in [-0.05, 0) is 25.1 Å². The first-order valence-electron chi connectivity index (χ1n) is 4.48. The second kappa shape index (κ2) is 3.49. The smallest absolute Gasteiger partial charge is 0.193 e. The van der Waals surface area contributed by atoms with Crippen LogP contribution in [0.5, 0.6) is 0 Å². The maximum atomic E-state index is 5.54. The van der Waals surface area contributed by atoms with Gasteiger partial charge in [-0.3, -0.25) is 0 Å². The molecule has 2 rings (SSSR count). The van der Waals surface area contributed by atoms with Crippen molar-refractivity contribution in [2.24, 2.45) is 0 Å². The van der Waals surface area contributed by atoms with Crippen LogP contribution in [0.1, 0.15) is 11.5 Å². The van der Waals surface area contributed by atoms with Gasteiger partial charge in [0.05, 0.1) is 6.54 Å². The lowest BCUT2D eigenvalue weighted by Gasteiger charge is -1.99. The van der Waals surface area contributed by atoms with Gasteiger partial charge in [0.25, 0.3) is 0 Å². The molecule has 0 aliphatic heterocycles. The van der Waals surface area contributed by atoms with E-state index in [0.717, 1.165) is 17.3 Å². The molecule has 4 heteroatoms. The standard InChI is InChI=1S/C10H13N3O/c1-7-2-5-10(14-7)12-6-8-3-4-9(11)13-8/h2-5,12-13H,6,11H2,1H3. The van der Waals surface area contributed by atoms with Crippen LogP contribution in [0, 0.1) is 6.92 Å². The summed E-state index contributed by atoms with van der Waals surface area (Å²) >= 11 is 0. The van der Waals surface area contributed by atoms with Crippen molar-refractivity contribution >= 4 is 11.7 Å². The molecule has 74 valence electrons. The highest BCUT2D eigenvalue weighted by Crippen LogP contribution is 2.13. The number of rotatable bonds is 3. The summed E-state index contributed by atoms with van der Waals surface area (Å²) in [5.41, 5.74) is 6.58. The SMILES string of the molecule is Cc1ccc(NCc2ccc(N)[nH]2)o1. The third kappa shape index (κ3) is 1.90.